The first-order valence-corrected chi connectivity index (χ1v) is 8.61. The second-order valence-electron chi connectivity index (χ2n) is 4.66. The smallest absolute Gasteiger partial charge is 0.281 e. The van der Waals surface area contributed by atoms with E-state index in [1.807, 2.05) is 30.5 Å². The molecule has 0 fully saturated rings. The summed E-state index contributed by atoms with van der Waals surface area (Å²) in [7, 11) is 1.74. The second kappa shape index (κ2) is 7.73. The Bertz CT molecular complexity index is 765. The number of nitrogens with zero attached hydrogens (tertiary/aromatic N) is 2. The average molecular weight is 368 g/mol. The van der Waals surface area contributed by atoms with Crippen LogP contribution < -0.4 is 10.6 Å². The number of hydrogen-bond acceptors (Lipinski definition) is 2. The topological polar surface area (TPSA) is 58.7 Å². The van der Waals surface area contributed by atoms with Crippen molar-refractivity contribution in [3.05, 3.63) is 58.1 Å². The molecule has 2 aromatic rings. The van der Waals surface area contributed by atoms with Crippen LogP contribution in [0.15, 0.2) is 52.4 Å². The largest absolute Gasteiger partial charge is 0.369 e. The van der Waals surface area contributed by atoms with Gasteiger partial charge in [-0.25, -0.2) is 0 Å². The Morgan fingerprint density at radius 2 is 1.96 bits per heavy atom. The highest BCUT2D eigenvalue weighted by Crippen LogP contribution is 2.23. The molecule has 2 rings (SSSR count). The number of benzene rings is 2. The lowest BCUT2D eigenvalue weighted by Crippen LogP contribution is -2.34. The SMILES string of the molecule is CSc1cccc(N(C)C(N)=NC(=O)c2cc(Cl)ccc2Cl)c1. The summed E-state index contributed by atoms with van der Waals surface area (Å²) >= 11 is 13.5. The van der Waals surface area contributed by atoms with Crippen molar-refractivity contribution in [1.29, 1.82) is 0 Å². The van der Waals surface area contributed by atoms with Crippen LogP contribution in [0.2, 0.25) is 10.0 Å². The number of carbonyl (C=O) groups is 1. The molecule has 0 aliphatic carbocycles. The molecule has 120 valence electrons. The third-order valence-corrected chi connectivity index (χ3v) is 4.45. The number of thioether (sulfide) groups is 1. The summed E-state index contributed by atoms with van der Waals surface area (Å²) < 4.78 is 0. The molecule has 0 atom stereocenters. The van der Waals surface area contributed by atoms with Crippen molar-refractivity contribution in [2.75, 3.05) is 18.2 Å². The molecule has 1 amide bonds. The Hall–Kier alpha value is -1.69. The van der Waals surface area contributed by atoms with Crippen LogP contribution in [0.5, 0.6) is 0 Å². The molecular formula is C16H15Cl2N3OS. The van der Waals surface area contributed by atoms with Crippen molar-refractivity contribution in [1.82, 2.24) is 0 Å². The molecule has 4 nitrogen and oxygen atoms in total. The summed E-state index contributed by atoms with van der Waals surface area (Å²) in [6, 6.07) is 12.4. The molecule has 0 aliphatic rings. The number of anilines is 1. The number of amides is 1. The van der Waals surface area contributed by atoms with Crippen LogP contribution in [-0.4, -0.2) is 25.2 Å². The highest BCUT2D eigenvalue weighted by molar-refractivity contribution is 7.98. The number of halogens is 2. The molecule has 0 saturated carbocycles. The van der Waals surface area contributed by atoms with E-state index in [1.165, 1.54) is 6.07 Å². The van der Waals surface area contributed by atoms with E-state index < -0.39 is 5.91 Å². The molecular weight excluding hydrogens is 353 g/mol. The number of carbonyl (C=O) groups excluding carboxylic acids is 1. The minimum absolute atomic E-state index is 0.0734. The summed E-state index contributed by atoms with van der Waals surface area (Å²) in [5.74, 6) is -0.466. The number of guanidine groups is 1. The number of nitrogens with two attached hydrogens (primary N) is 1. The van der Waals surface area contributed by atoms with Crippen molar-refractivity contribution in [3.63, 3.8) is 0 Å². The van der Waals surface area contributed by atoms with Gasteiger partial charge in [-0.15, -0.1) is 11.8 Å². The molecule has 0 radical (unpaired) electrons. The molecule has 23 heavy (non-hydrogen) atoms. The highest BCUT2D eigenvalue weighted by atomic mass is 35.5. The maximum atomic E-state index is 12.2. The quantitative estimate of drug-likeness (QED) is 0.498. The fourth-order valence-electron chi connectivity index (χ4n) is 1.85. The molecule has 7 heteroatoms. The van der Waals surface area contributed by atoms with Crippen molar-refractivity contribution in [2.45, 2.75) is 4.90 Å². The van der Waals surface area contributed by atoms with Gasteiger partial charge in [0.2, 0.25) is 5.96 Å². The van der Waals surface area contributed by atoms with Gasteiger partial charge in [0.25, 0.3) is 5.91 Å². The lowest BCUT2D eigenvalue weighted by Gasteiger charge is -2.18. The van der Waals surface area contributed by atoms with E-state index in [0.29, 0.717) is 5.02 Å². The molecule has 2 aromatic carbocycles. The summed E-state index contributed by atoms with van der Waals surface area (Å²) in [5.41, 5.74) is 6.99. The van der Waals surface area contributed by atoms with Gasteiger partial charge in [0, 0.05) is 22.7 Å². The van der Waals surface area contributed by atoms with Gasteiger partial charge in [-0.3, -0.25) is 4.79 Å². The highest BCUT2D eigenvalue weighted by Gasteiger charge is 2.13. The summed E-state index contributed by atoms with van der Waals surface area (Å²) in [5, 5.41) is 0.690. The average Bonchev–Trinajstić information content (AvgIpc) is 2.56. The third-order valence-electron chi connectivity index (χ3n) is 3.16. The summed E-state index contributed by atoms with van der Waals surface area (Å²) in [6.45, 7) is 0. The Morgan fingerprint density at radius 3 is 2.65 bits per heavy atom. The van der Waals surface area contributed by atoms with Crippen LogP contribution in [0.4, 0.5) is 5.69 Å². The van der Waals surface area contributed by atoms with Crippen molar-refractivity contribution >= 4 is 52.5 Å². The van der Waals surface area contributed by atoms with E-state index in [1.54, 1.807) is 35.8 Å². The Kier molecular flexibility index (Phi) is 5.93. The summed E-state index contributed by atoms with van der Waals surface area (Å²) in [6.07, 6.45) is 1.99. The van der Waals surface area contributed by atoms with E-state index in [2.05, 4.69) is 4.99 Å². The van der Waals surface area contributed by atoms with Gasteiger partial charge in [0.1, 0.15) is 0 Å². The fourth-order valence-corrected chi connectivity index (χ4v) is 2.68. The van der Waals surface area contributed by atoms with Crippen molar-refractivity contribution in [3.8, 4) is 0 Å². The van der Waals surface area contributed by atoms with Crippen molar-refractivity contribution in [2.24, 2.45) is 10.7 Å². The van der Waals surface area contributed by atoms with Crippen molar-refractivity contribution < 1.29 is 4.79 Å². The Balaban J connectivity index is 2.27. The van der Waals surface area contributed by atoms with E-state index in [4.69, 9.17) is 28.9 Å². The molecule has 2 N–H and O–H groups in total. The first-order valence-electron chi connectivity index (χ1n) is 6.63. The summed E-state index contributed by atoms with van der Waals surface area (Å²) in [4.78, 5) is 18.9. The predicted molar refractivity (Wildman–Crippen MR) is 99.0 cm³/mol. The Morgan fingerprint density at radius 1 is 1.22 bits per heavy atom. The first kappa shape index (κ1) is 17.7. The molecule has 0 unspecified atom stereocenters. The Labute approximate surface area is 149 Å². The van der Waals surface area contributed by atoms with E-state index in [-0.39, 0.29) is 16.5 Å². The number of rotatable bonds is 3. The van der Waals surface area contributed by atoms with Crippen LogP contribution in [0, 0.1) is 0 Å². The first-order chi connectivity index (χ1) is 10.9. The van der Waals surface area contributed by atoms with Gasteiger partial charge >= 0.3 is 0 Å². The number of aliphatic imine (C=N–C) groups is 1. The second-order valence-corrected chi connectivity index (χ2v) is 6.38. The molecule has 0 aromatic heterocycles. The van der Waals surface area contributed by atoms with E-state index >= 15 is 0 Å². The van der Waals surface area contributed by atoms with Gasteiger partial charge in [-0.1, -0.05) is 29.3 Å². The molecule has 0 saturated heterocycles. The van der Waals surface area contributed by atoms with Crippen LogP contribution in [0.3, 0.4) is 0 Å². The molecule has 0 spiro atoms. The molecule has 0 heterocycles. The zero-order valence-electron chi connectivity index (χ0n) is 12.6. The lowest BCUT2D eigenvalue weighted by atomic mass is 10.2. The standard InChI is InChI=1S/C16H15Cl2N3OS/c1-21(11-4-3-5-12(9-11)23-2)16(19)20-15(22)13-8-10(17)6-7-14(13)18/h3-9H,1-2H3,(H2,19,20,22). The molecule has 0 aliphatic heterocycles. The van der Waals surface area contributed by atoms with Gasteiger partial charge in [0.05, 0.1) is 10.6 Å². The normalized spacial score (nSPS) is 11.4. The van der Waals surface area contributed by atoms with Crippen LogP contribution in [-0.2, 0) is 0 Å². The zero-order valence-corrected chi connectivity index (χ0v) is 14.9. The minimum Gasteiger partial charge on any atom is -0.369 e. The van der Waals surface area contributed by atoms with E-state index in [0.717, 1.165) is 10.6 Å². The van der Waals surface area contributed by atoms with Gasteiger partial charge in [0.15, 0.2) is 0 Å². The predicted octanol–water partition coefficient (Wildman–Crippen LogP) is 4.31. The van der Waals surface area contributed by atoms with Crippen LogP contribution in [0.25, 0.3) is 0 Å². The van der Waals surface area contributed by atoms with Crippen LogP contribution >= 0.6 is 35.0 Å². The van der Waals surface area contributed by atoms with Gasteiger partial charge < -0.3 is 10.6 Å². The monoisotopic (exact) mass is 367 g/mol. The third kappa shape index (κ3) is 4.41. The van der Waals surface area contributed by atoms with Gasteiger partial charge in [-0.2, -0.15) is 4.99 Å². The fraction of sp³-hybridized carbons (Fsp3) is 0.125. The maximum Gasteiger partial charge on any atom is 0.281 e. The van der Waals surface area contributed by atoms with Gasteiger partial charge in [-0.05, 0) is 42.7 Å². The van der Waals surface area contributed by atoms with Crippen LogP contribution in [0.1, 0.15) is 10.4 Å². The number of hydrogen-bond donors (Lipinski definition) is 1. The maximum absolute atomic E-state index is 12.2. The lowest BCUT2D eigenvalue weighted by molar-refractivity contribution is 0.100. The zero-order chi connectivity index (χ0) is 17.0. The minimum atomic E-state index is -0.539. The van der Waals surface area contributed by atoms with E-state index in [9.17, 15) is 4.79 Å². The molecule has 0 bridgehead atoms.